The molecule has 0 aliphatic rings. The standard InChI is InChI=1S/C18H22OSi/c1-5-18(19-20(2,3)4)17-13-11-16(12-14-17)15-9-7-6-8-10-15/h5-14H,1-4H3. The Morgan fingerprint density at radius 1 is 0.850 bits per heavy atom. The highest BCUT2D eigenvalue weighted by atomic mass is 28.4. The van der Waals surface area contributed by atoms with Crippen LogP contribution in [0.15, 0.2) is 60.7 Å². The molecule has 0 fully saturated rings. The van der Waals surface area contributed by atoms with Crippen LogP contribution in [0.3, 0.4) is 0 Å². The largest absolute Gasteiger partial charge is 0.544 e. The van der Waals surface area contributed by atoms with Crippen molar-refractivity contribution in [1.29, 1.82) is 0 Å². The average molecular weight is 282 g/mol. The van der Waals surface area contributed by atoms with Crippen LogP contribution >= 0.6 is 0 Å². The van der Waals surface area contributed by atoms with Crippen LogP contribution < -0.4 is 0 Å². The molecule has 0 amide bonds. The van der Waals surface area contributed by atoms with E-state index in [2.05, 4.69) is 74.2 Å². The molecule has 0 radical (unpaired) electrons. The van der Waals surface area contributed by atoms with Crippen LogP contribution in [0, 0.1) is 0 Å². The smallest absolute Gasteiger partial charge is 0.242 e. The molecule has 0 atom stereocenters. The highest BCUT2D eigenvalue weighted by Crippen LogP contribution is 2.25. The summed E-state index contributed by atoms with van der Waals surface area (Å²) in [5.41, 5.74) is 3.62. The SMILES string of the molecule is CC=C(O[Si](C)(C)C)c1ccc(-c2ccccc2)cc1. The third kappa shape index (κ3) is 3.84. The molecule has 2 aromatic rings. The van der Waals surface area contributed by atoms with Crippen molar-refractivity contribution in [2.45, 2.75) is 26.6 Å². The lowest BCUT2D eigenvalue weighted by Gasteiger charge is -2.22. The van der Waals surface area contributed by atoms with E-state index in [0.717, 1.165) is 11.3 Å². The van der Waals surface area contributed by atoms with Crippen LogP contribution in [-0.4, -0.2) is 8.32 Å². The minimum Gasteiger partial charge on any atom is -0.544 e. The van der Waals surface area contributed by atoms with Gasteiger partial charge in [-0.15, -0.1) is 0 Å². The van der Waals surface area contributed by atoms with E-state index in [-0.39, 0.29) is 0 Å². The van der Waals surface area contributed by atoms with E-state index in [0.29, 0.717) is 0 Å². The topological polar surface area (TPSA) is 9.23 Å². The van der Waals surface area contributed by atoms with E-state index < -0.39 is 8.32 Å². The fraction of sp³-hybridized carbons (Fsp3) is 0.222. The minimum atomic E-state index is -1.57. The average Bonchev–Trinajstić information content (AvgIpc) is 2.45. The Hall–Kier alpha value is -1.80. The van der Waals surface area contributed by atoms with Gasteiger partial charge in [0, 0.05) is 5.56 Å². The van der Waals surface area contributed by atoms with E-state index in [1.807, 2.05) is 13.0 Å². The van der Waals surface area contributed by atoms with Crippen LogP contribution in [0.5, 0.6) is 0 Å². The van der Waals surface area contributed by atoms with E-state index in [1.165, 1.54) is 11.1 Å². The summed E-state index contributed by atoms with van der Waals surface area (Å²) >= 11 is 0. The van der Waals surface area contributed by atoms with Gasteiger partial charge in [0.2, 0.25) is 8.32 Å². The number of hydrogen-bond acceptors (Lipinski definition) is 1. The zero-order chi connectivity index (χ0) is 14.6. The summed E-state index contributed by atoms with van der Waals surface area (Å²) in [4.78, 5) is 0. The van der Waals surface area contributed by atoms with Gasteiger partial charge in [0.15, 0.2) is 0 Å². The maximum absolute atomic E-state index is 6.12. The van der Waals surface area contributed by atoms with Gasteiger partial charge >= 0.3 is 0 Å². The molecule has 20 heavy (non-hydrogen) atoms. The van der Waals surface area contributed by atoms with Crippen molar-refractivity contribution in [2.75, 3.05) is 0 Å². The Kier molecular flexibility index (Phi) is 4.45. The molecule has 0 N–H and O–H groups in total. The van der Waals surface area contributed by atoms with Gasteiger partial charge in [-0.2, -0.15) is 0 Å². The molecule has 2 heteroatoms. The zero-order valence-corrected chi connectivity index (χ0v) is 13.7. The molecule has 2 aromatic carbocycles. The third-order valence-electron chi connectivity index (χ3n) is 2.95. The number of hydrogen-bond donors (Lipinski definition) is 0. The lowest BCUT2D eigenvalue weighted by atomic mass is 10.0. The van der Waals surface area contributed by atoms with E-state index >= 15 is 0 Å². The molecule has 104 valence electrons. The lowest BCUT2D eigenvalue weighted by Crippen LogP contribution is -2.24. The molecule has 0 aliphatic heterocycles. The lowest BCUT2D eigenvalue weighted by molar-refractivity contribution is 0.513. The van der Waals surface area contributed by atoms with Gasteiger partial charge in [-0.3, -0.25) is 0 Å². The van der Waals surface area contributed by atoms with Gasteiger partial charge in [-0.25, -0.2) is 0 Å². The maximum Gasteiger partial charge on any atom is 0.242 e. The van der Waals surface area contributed by atoms with Crippen molar-refractivity contribution in [1.82, 2.24) is 0 Å². The Labute approximate surface area is 123 Å². The molecule has 0 heterocycles. The number of rotatable bonds is 4. The predicted molar refractivity (Wildman–Crippen MR) is 90.0 cm³/mol. The van der Waals surface area contributed by atoms with E-state index in [4.69, 9.17) is 4.43 Å². The fourth-order valence-electron chi connectivity index (χ4n) is 2.07. The Balaban J connectivity index is 2.24. The van der Waals surface area contributed by atoms with Crippen LogP contribution in [0.1, 0.15) is 12.5 Å². The highest BCUT2D eigenvalue weighted by Gasteiger charge is 2.18. The maximum atomic E-state index is 6.12. The summed E-state index contributed by atoms with van der Waals surface area (Å²) in [6.45, 7) is 8.64. The van der Waals surface area contributed by atoms with Gasteiger partial charge in [-0.1, -0.05) is 54.6 Å². The number of allylic oxidation sites excluding steroid dienone is 1. The van der Waals surface area contributed by atoms with Gasteiger partial charge in [-0.05, 0) is 43.8 Å². The Morgan fingerprint density at radius 2 is 1.40 bits per heavy atom. The van der Waals surface area contributed by atoms with Crippen molar-refractivity contribution >= 4 is 14.1 Å². The normalized spacial score (nSPS) is 12.3. The van der Waals surface area contributed by atoms with Crippen molar-refractivity contribution in [3.8, 4) is 11.1 Å². The molecule has 2 rings (SSSR count). The van der Waals surface area contributed by atoms with Gasteiger partial charge in [0.25, 0.3) is 0 Å². The number of benzene rings is 2. The first-order valence-electron chi connectivity index (χ1n) is 7.01. The first kappa shape index (κ1) is 14.6. The van der Waals surface area contributed by atoms with E-state index in [1.54, 1.807) is 0 Å². The van der Waals surface area contributed by atoms with Crippen molar-refractivity contribution in [3.63, 3.8) is 0 Å². The summed E-state index contributed by atoms with van der Waals surface area (Å²) in [5, 5.41) is 0. The van der Waals surface area contributed by atoms with Crippen molar-refractivity contribution < 1.29 is 4.43 Å². The Morgan fingerprint density at radius 3 is 1.90 bits per heavy atom. The second kappa shape index (κ2) is 6.10. The highest BCUT2D eigenvalue weighted by molar-refractivity contribution is 6.70. The van der Waals surface area contributed by atoms with Crippen LogP contribution in [0.2, 0.25) is 19.6 Å². The molecule has 0 bridgehead atoms. The van der Waals surface area contributed by atoms with Crippen LogP contribution in [0.25, 0.3) is 16.9 Å². The molecule has 0 aliphatic carbocycles. The molecule has 1 nitrogen and oxygen atoms in total. The van der Waals surface area contributed by atoms with Gasteiger partial charge < -0.3 is 4.43 Å². The fourth-order valence-corrected chi connectivity index (χ4v) is 2.97. The van der Waals surface area contributed by atoms with Crippen molar-refractivity contribution in [2.24, 2.45) is 0 Å². The molecule has 0 saturated heterocycles. The first-order chi connectivity index (χ1) is 9.49. The second-order valence-electron chi connectivity index (χ2n) is 5.81. The zero-order valence-electron chi connectivity index (χ0n) is 12.7. The third-order valence-corrected chi connectivity index (χ3v) is 3.79. The summed E-state index contributed by atoms with van der Waals surface area (Å²) in [6, 6.07) is 19.0. The molecular formula is C18H22OSi. The summed E-state index contributed by atoms with van der Waals surface area (Å²) in [6.07, 6.45) is 2.05. The van der Waals surface area contributed by atoms with Gasteiger partial charge in [0.05, 0.1) is 0 Å². The molecule has 0 spiro atoms. The van der Waals surface area contributed by atoms with Crippen LogP contribution in [-0.2, 0) is 4.43 Å². The molecule has 0 saturated carbocycles. The van der Waals surface area contributed by atoms with Gasteiger partial charge in [0.1, 0.15) is 5.76 Å². The minimum absolute atomic E-state index is 0.990. The quantitative estimate of drug-likeness (QED) is 0.526. The Bertz CT molecular complexity index is 577. The molecule has 0 unspecified atom stereocenters. The van der Waals surface area contributed by atoms with E-state index in [9.17, 15) is 0 Å². The monoisotopic (exact) mass is 282 g/mol. The summed E-state index contributed by atoms with van der Waals surface area (Å²) in [7, 11) is -1.57. The first-order valence-corrected chi connectivity index (χ1v) is 10.4. The second-order valence-corrected chi connectivity index (χ2v) is 10.2. The molecular weight excluding hydrogens is 260 g/mol. The van der Waals surface area contributed by atoms with Crippen LogP contribution in [0.4, 0.5) is 0 Å². The molecule has 0 aromatic heterocycles. The summed E-state index contributed by atoms with van der Waals surface area (Å²) in [5.74, 6) is 0.990. The van der Waals surface area contributed by atoms with Crippen molar-refractivity contribution in [3.05, 3.63) is 66.2 Å². The predicted octanol–water partition coefficient (Wildman–Crippen LogP) is 5.57. The summed E-state index contributed by atoms with van der Waals surface area (Å²) < 4.78 is 6.12.